The van der Waals surface area contributed by atoms with Crippen molar-refractivity contribution in [2.45, 2.75) is 20.4 Å². The number of thiocarbonyl (C=S) groups is 1. The van der Waals surface area contributed by atoms with E-state index in [1.54, 1.807) is 0 Å². The summed E-state index contributed by atoms with van der Waals surface area (Å²) in [4.78, 5) is 4.81. The SMILES string of the molecule is Cc1cccc(CNc2nc(C)ccc2C(N)=S)c1. The Labute approximate surface area is 118 Å². The minimum absolute atomic E-state index is 0.360. The summed E-state index contributed by atoms with van der Waals surface area (Å²) in [6.45, 7) is 4.73. The van der Waals surface area contributed by atoms with E-state index < -0.39 is 0 Å². The molecule has 2 rings (SSSR count). The number of nitrogens with two attached hydrogens (primary N) is 1. The topological polar surface area (TPSA) is 50.9 Å². The first-order chi connectivity index (χ1) is 9.06. The molecule has 0 amide bonds. The summed E-state index contributed by atoms with van der Waals surface area (Å²) in [6, 6.07) is 12.2. The second-order valence-corrected chi connectivity index (χ2v) is 5.00. The van der Waals surface area contributed by atoms with Crippen molar-refractivity contribution in [1.82, 2.24) is 4.98 Å². The summed E-state index contributed by atoms with van der Waals surface area (Å²) in [6.07, 6.45) is 0. The number of rotatable bonds is 4. The summed E-state index contributed by atoms with van der Waals surface area (Å²) in [5.74, 6) is 0.744. The van der Waals surface area contributed by atoms with Crippen molar-refractivity contribution in [2.75, 3.05) is 5.32 Å². The molecule has 0 aliphatic rings. The number of aryl methyl sites for hydroxylation is 2. The molecule has 0 bridgehead atoms. The number of hydrogen-bond acceptors (Lipinski definition) is 3. The molecule has 0 spiro atoms. The molecular formula is C15H17N3S. The van der Waals surface area contributed by atoms with E-state index in [0.29, 0.717) is 11.5 Å². The summed E-state index contributed by atoms with van der Waals surface area (Å²) in [5.41, 5.74) is 9.88. The molecule has 0 aliphatic carbocycles. The van der Waals surface area contributed by atoms with Crippen LogP contribution >= 0.6 is 12.2 Å². The monoisotopic (exact) mass is 271 g/mol. The highest BCUT2D eigenvalue weighted by Crippen LogP contribution is 2.15. The Hall–Kier alpha value is -1.94. The Balaban J connectivity index is 2.19. The van der Waals surface area contributed by atoms with Gasteiger partial charge in [-0.1, -0.05) is 42.0 Å². The number of nitrogens with one attached hydrogen (secondary N) is 1. The average Bonchev–Trinajstić information content (AvgIpc) is 2.36. The number of anilines is 1. The molecule has 0 atom stereocenters. The Morgan fingerprint density at radius 2 is 2.05 bits per heavy atom. The van der Waals surface area contributed by atoms with Gasteiger partial charge in [-0.3, -0.25) is 0 Å². The molecule has 1 heterocycles. The predicted molar refractivity (Wildman–Crippen MR) is 83.4 cm³/mol. The van der Waals surface area contributed by atoms with E-state index in [9.17, 15) is 0 Å². The first kappa shape index (κ1) is 13.5. The molecule has 19 heavy (non-hydrogen) atoms. The summed E-state index contributed by atoms with van der Waals surface area (Å²) < 4.78 is 0. The van der Waals surface area contributed by atoms with Gasteiger partial charge in [-0.05, 0) is 31.5 Å². The normalized spacial score (nSPS) is 10.2. The van der Waals surface area contributed by atoms with Gasteiger partial charge in [0.05, 0.1) is 5.56 Å². The third kappa shape index (κ3) is 3.51. The molecule has 0 unspecified atom stereocenters. The smallest absolute Gasteiger partial charge is 0.136 e. The first-order valence-corrected chi connectivity index (χ1v) is 6.54. The molecule has 0 fully saturated rings. The van der Waals surface area contributed by atoms with Crippen LogP contribution in [0.3, 0.4) is 0 Å². The summed E-state index contributed by atoms with van der Waals surface area (Å²) >= 11 is 5.04. The fourth-order valence-corrected chi connectivity index (χ4v) is 2.06. The first-order valence-electron chi connectivity index (χ1n) is 6.13. The maximum atomic E-state index is 5.71. The van der Waals surface area contributed by atoms with Crippen LogP contribution in [0.5, 0.6) is 0 Å². The zero-order valence-electron chi connectivity index (χ0n) is 11.1. The zero-order chi connectivity index (χ0) is 13.8. The third-order valence-corrected chi connectivity index (χ3v) is 3.06. The van der Waals surface area contributed by atoms with Crippen molar-refractivity contribution in [3.05, 3.63) is 58.8 Å². The van der Waals surface area contributed by atoms with Crippen molar-refractivity contribution in [3.63, 3.8) is 0 Å². The Morgan fingerprint density at radius 1 is 1.26 bits per heavy atom. The molecule has 0 radical (unpaired) electrons. The molecule has 0 saturated heterocycles. The van der Waals surface area contributed by atoms with Crippen molar-refractivity contribution in [2.24, 2.45) is 5.73 Å². The molecule has 0 aliphatic heterocycles. The maximum absolute atomic E-state index is 5.71. The molecule has 3 N–H and O–H groups in total. The van der Waals surface area contributed by atoms with Gasteiger partial charge in [-0.25, -0.2) is 4.98 Å². The second-order valence-electron chi connectivity index (χ2n) is 4.56. The van der Waals surface area contributed by atoms with Crippen molar-refractivity contribution >= 4 is 23.0 Å². The van der Waals surface area contributed by atoms with Gasteiger partial charge in [-0.15, -0.1) is 0 Å². The number of nitrogens with zero attached hydrogens (tertiary/aromatic N) is 1. The lowest BCUT2D eigenvalue weighted by Crippen LogP contribution is -2.14. The summed E-state index contributed by atoms with van der Waals surface area (Å²) in [5, 5.41) is 3.30. The van der Waals surface area contributed by atoms with Gasteiger partial charge in [0.1, 0.15) is 10.8 Å². The average molecular weight is 271 g/mol. The van der Waals surface area contributed by atoms with E-state index in [1.165, 1.54) is 11.1 Å². The zero-order valence-corrected chi connectivity index (χ0v) is 11.9. The number of benzene rings is 1. The van der Waals surface area contributed by atoms with E-state index in [2.05, 4.69) is 35.4 Å². The Kier molecular flexibility index (Phi) is 4.12. The molecule has 2 aromatic rings. The fraction of sp³-hybridized carbons (Fsp3) is 0.200. The lowest BCUT2D eigenvalue weighted by molar-refractivity contribution is 1.08. The van der Waals surface area contributed by atoms with Crippen molar-refractivity contribution < 1.29 is 0 Å². The molecule has 1 aromatic heterocycles. The standard InChI is InChI=1S/C15H17N3S/c1-10-4-3-5-12(8-10)9-17-15-13(14(16)19)7-6-11(2)18-15/h3-8H,9H2,1-2H3,(H2,16,19)(H,17,18). The van der Waals surface area contributed by atoms with E-state index in [-0.39, 0.29) is 0 Å². The van der Waals surface area contributed by atoms with Crippen LogP contribution in [0.15, 0.2) is 36.4 Å². The van der Waals surface area contributed by atoms with Crippen LogP contribution in [-0.4, -0.2) is 9.97 Å². The van der Waals surface area contributed by atoms with Crippen LogP contribution in [-0.2, 0) is 6.54 Å². The maximum Gasteiger partial charge on any atom is 0.136 e. The van der Waals surface area contributed by atoms with Crippen LogP contribution in [0.4, 0.5) is 5.82 Å². The van der Waals surface area contributed by atoms with Gasteiger partial charge >= 0.3 is 0 Å². The van der Waals surface area contributed by atoms with E-state index in [0.717, 1.165) is 17.1 Å². The van der Waals surface area contributed by atoms with Crippen LogP contribution in [0, 0.1) is 13.8 Å². The molecule has 98 valence electrons. The van der Waals surface area contributed by atoms with Gasteiger partial charge in [0.25, 0.3) is 0 Å². The van der Waals surface area contributed by atoms with E-state index in [1.807, 2.05) is 25.1 Å². The minimum atomic E-state index is 0.360. The van der Waals surface area contributed by atoms with Crippen LogP contribution < -0.4 is 11.1 Å². The summed E-state index contributed by atoms with van der Waals surface area (Å²) in [7, 11) is 0. The lowest BCUT2D eigenvalue weighted by atomic mass is 10.1. The molecular weight excluding hydrogens is 254 g/mol. The van der Waals surface area contributed by atoms with E-state index in [4.69, 9.17) is 18.0 Å². The molecule has 3 nitrogen and oxygen atoms in total. The fourth-order valence-electron chi connectivity index (χ4n) is 1.90. The predicted octanol–water partition coefficient (Wildman–Crippen LogP) is 2.94. The number of hydrogen-bond donors (Lipinski definition) is 2. The van der Waals surface area contributed by atoms with Crippen LogP contribution in [0.1, 0.15) is 22.4 Å². The molecule has 0 saturated carbocycles. The van der Waals surface area contributed by atoms with Gasteiger partial charge in [0, 0.05) is 12.2 Å². The highest BCUT2D eigenvalue weighted by atomic mass is 32.1. The molecule has 4 heteroatoms. The van der Waals surface area contributed by atoms with Gasteiger partial charge in [-0.2, -0.15) is 0 Å². The van der Waals surface area contributed by atoms with E-state index >= 15 is 0 Å². The number of pyridine rings is 1. The lowest BCUT2D eigenvalue weighted by Gasteiger charge is -2.11. The second kappa shape index (κ2) is 5.80. The van der Waals surface area contributed by atoms with Crippen LogP contribution in [0.2, 0.25) is 0 Å². The van der Waals surface area contributed by atoms with Gasteiger partial charge in [0.2, 0.25) is 0 Å². The molecule has 1 aromatic carbocycles. The quantitative estimate of drug-likeness (QED) is 0.839. The number of aromatic nitrogens is 1. The minimum Gasteiger partial charge on any atom is -0.389 e. The third-order valence-electron chi connectivity index (χ3n) is 2.84. The Bertz CT molecular complexity index is 608. The highest BCUT2D eigenvalue weighted by molar-refractivity contribution is 7.80. The highest BCUT2D eigenvalue weighted by Gasteiger charge is 2.06. The van der Waals surface area contributed by atoms with Crippen molar-refractivity contribution in [1.29, 1.82) is 0 Å². The Morgan fingerprint density at radius 3 is 2.74 bits per heavy atom. The van der Waals surface area contributed by atoms with Gasteiger partial charge < -0.3 is 11.1 Å². The largest absolute Gasteiger partial charge is 0.389 e. The van der Waals surface area contributed by atoms with Crippen molar-refractivity contribution in [3.8, 4) is 0 Å². The van der Waals surface area contributed by atoms with Crippen LogP contribution in [0.25, 0.3) is 0 Å². The van der Waals surface area contributed by atoms with Gasteiger partial charge in [0.15, 0.2) is 0 Å².